The van der Waals surface area contributed by atoms with Gasteiger partial charge >= 0.3 is 11.6 Å². The van der Waals surface area contributed by atoms with Crippen molar-refractivity contribution in [3.63, 3.8) is 0 Å². The highest BCUT2D eigenvalue weighted by atomic mass is 16.6. The van der Waals surface area contributed by atoms with Crippen molar-refractivity contribution in [1.29, 1.82) is 0 Å². The van der Waals surface area contributed by atoms with Gasteiger partial charge in [-0.2, -0.15) is 0 Å². The van der Waals surface area contributed by atoms with Crippen molar-refractivity contribution in [1.82, 2.24) is 0 Å². The largest absolute Gasteiger partial charge is 0.461 e. The van der Waals surface area contributed by atoms with E-state index in [1.54, 1.807) is 0 Å². The second-order valence-corrected chi connectivity index (χ2v) is 7.88. The lowest BCUT2D eigenvalue weighted by atomic mass is 9.49. The number of hydrogen-bond donors (Lipinski definition) is 2. The van der Waals surface area contributed by atoms with Gasteiger partial charge in [0.05, 0.1) is 11.5 Å². The SMILES string of the molecule is CC(O)c1oc(=O)cc2c1C[C@H]1OC(=O)[C@@]3(C)CC[C@@H](O)[C@@]2(C)[C@@H]13. The Morgan fingerprint density at radius 1 is 1.33 bits per heavy atom. The molecule has 2 heterocycles. The van der Waals surface area contributed by atoms with Gasteiger partial charge < -0.3 is 19.4 Å². The van der Waals surface area contributed by atoms with Crippen LogP contribution in [0, 0.1) is 11.3 Å². The molecule has 1 saturated heterocycles. The predicted molar refractivity (Wildman–Crippen MR) is 83.4 cm³/mol. The molecule has 4 rings (SSSR count). The number of hydrogen-bond acceptors (Lipinski definition) is 6. The maximum atomic E-state index is 12.5. The van der Waals surface area contributed by atoms with Crippen LogP contribution in [0.4, 0.5) is 0 Å². The molecule has 0 aromatic carbocycles. The maximum Gasteiger partial charge on any atom is 0.336 e. The molecule has 2 N–H and O–H groups in total. The summed E-state index contributed by atoms with van der Waals surface area (Å²) in [6, 6.07) is 1.41. The zero-order valence-electron chi connectivity index (χ0n) is 14.0. The van der Waals surface area contributed by atoms with E-state index >= 15 is 0 Å². The van der Waals surface area contributed by atoms with Crippen LogP contribution in [0.15, 0.2) is 15.3 Å². The minimum atomic E-state index is -0.947. The Bertz CT molecular complexity index is 780. The lowest BCUT2D eigenvalue weighted by Crippen LogP contribution is -2.59. The smallest absolute Gasteiger partial charge is 0.336 e. The van der Waals surface area contributed by atoms with Gasteiger partial charge in [-0.15, -0.1) is 0 Å². The van der Waals surface area contributed by atoms with Crippen LogP contribution in [0.1, 0.15) is 56.6 Å². The van der Waals surface area contributed by atoms with E-state index in [1.165, 1.54) is 13.0 Å². The molecule has 6 atom stereocenters. The third-order valence-electron chi connectivity index (χ3n) is 6.52. The minimum absolute atomic E-state index is 0.197. The van der Waals surface area contributed by atoms with E-state index in [4.69, 9.17) is 9.15 Å². The summed E-state index contributed by atoms with van der Waals surface area (Å²) in [5, 5.41) is 20.9. The van der Waals surface area contributed by atoms with Crippen LogP contribution in [0.25, 0.3) is 0 Å². The Balaban J connectivity index is 2.02. The quantitative estimate of drug-likeness (QED) is 0.749. The van der Waals surface area contributed by atoms with Crippen molar-refractivity contribution in [2.45, 2.75) is 63.8 Å². The van der Waals surface area contributed by atoms with Crippen LogP contribution in [0.5, 0.6) is 0 Å². The van der Waals surface area contributed by atoms with Crippen LogP contribution < -0.4 is 5.63 Å². The number of aliphatic hydroxyl groups is 2. The molecule has 3 aliphatic rings. The van der Waals surface area contributed by atoms with Crippen molar-refractivity contribution < 1.29 is 24.2 Å². The average molecular weight is 334 g/mol. The number of carbonyl (C=O) groups excluding carboxylic acids is 1. The molecule has 0 spiro atoms. The van der Waals surface area contributed by atoms with Crippen LogP contribution >= 0.6 is 0 Å². The third kappa shape index (κ3) is 1.73. The van der Waals surface area contributed by atoms with E-state index in [0.717, 1.165) is 0 Å². The van der Waals surface area contributed by atoms with Gasteiger partial charge in [0.15, 0.2) is 0 Å². The Morgan fingerprint density at radius 2 is 2.04 bits per heavy atom. The molecule has 24 heavy (non-hydrogen) atoms. The molecule has 1 aliphatic heterocycles. The fraction of sp³-hybridized carbons (Fsp3) is 0.667. The number of rotatable bonds is 1. The molecule has 0 amide bonds. The molecule has 2 aliphatic carbocycles. The van der Waals surface area contributed by atoms with Crippen molar-refractivity contribution in [3.05, 3.63) is 33.4 Å². The van der Waals surface area contributed by atoms with E-state index < -0.39 is 28.7 Å². The van der Waals surface area contributed by atoms with E-state index in [2.05, 4.69) is 0 Å². The van der Waals surface area contributed by atoms with Crippen LogP contribution in [0.3, 0.4) is 0 Å². The standard InChI is InChI=1S/C18H22O6/c1-8(19)14-9-6-11-15-17(2,16(22)23-11)5-4-12(20)18(15,3)10(9)7-13(21)24-14/h7-8,11-12,15,19-20H,4-6H2,1-3H3/t8?,11-,12-,15+,17+,18+/m1/s1. The van der Waals surface area contributed by atoms with Gasteiger partial charge in [0.1, 0.15) is 18.0 Å². The second kappa shape index (κ2) is 4.70. The van der Waals surface area contributed by atoms with Crippen molar-refractivity contribution in [3.8, 4) is 0 Å². The Hall–Kier alpha value is -1.66. The minimum Gasteiger partial charge on any atom is -0.461 e. The lowest BCUT2D eigenvalue weighted by molar-refractivity contribution is -0.149. The lowest BCUT2D eigenvalue weighted by Gasteiger charge is -2.53. The van der Waals surface area contributed by atoms with Gasteiger partial charge in [-0.1, -0.05) is 6.92 Å². The van der Waals surface area contributed by atoms with E-state index in [9.17, 15) is 19.8 Å². The zero-order chi connectivity index (χ0) is 17.4. The van der Waals surface area contributed by atoms with Gasteiger partial charge in [-0.3, -0.25) is 4.79 Å². The normalized spacial score (nSPS) is 41.4. The molecule has 1 saturated carbocycles. The summed E-state index contributed by atoms with van der Waals surface area (Å²) < 4.78 is 10.9. The Kier molecular flexibility index (Phi) is 3.10. The Labute approximate surface area is 139 Å². The maximum absolute atomic E-state index is 12.5. The van der Waals surface area contributed by atoms with Crippen LogP contribution in [-0.2, 0) is 21.4 Å². The highest BCUT2D eigenvalue weighted by molar-refractivity contribution is 5.80. The molecule has 0 radical (unpaired) electrons. The van der Waals surface area contributed by atoms with Gasteiger partial charge in [-0.05, 0) is 32.3 Å². The van der Waals surface area contributed by atoms with E-state index in [0.29, 0.717) is 30.4 Å². The fourth-order valence-electron chi connectivity index (χ4n) is 5.40. The van der Waals surface area contributed by atoms with Crippen molar-refractivity contribution in [2.24, 2.45) is 11.3 Å². The summed E-state index contributed by atoms with van der Waals surface area (Å²) in [7, 11) is 0. The Morgan fingerprint density at radius 3 is 2.71 bits per heavy atom. The molecule has 2 fully saturated rings. The topological polar surface area (TPSA) is 97.0 Å². The number of esters is 1. The summed E-state index contributed by atoms with van der Waals surface area (Å²) in [4.78, 5) is 24.6. The van der Waals surface area contributed by atoms with Gasteiger partial charge in [0.2, 0.25) is 0 Å². The fourth-order valence-corrected chi connectivity index (χ4v) is 5.40. The first-order valence-corrected chi connectivity index (χ1v) is 8.44. The molecular formula is C18H22O6. The molecular weight excluding hydrogens is 312 g/mol. The molecule has 6 heteroatoms. The third-order valence-corrected chi connectivity index (χ3v) is 6.52. The summed E-state index contributed by atoms with van der Waals surface area (Å²) in [5.74, 6) is -0.224. The zero-order valence-corrected chi connectivity index (χ0v) is 14.0. The number of fused-ring (bicyclic) bond motifs is 2. The van der Waals surface area contributed by atoms with Crippen LogP contribution in [-0.4, -0.2) is 28.4 Å². The highest BCUT2D eigenvalue weighted by Gasteiger charge is 2.67. The highest BCUT2D eigenvalue weighted by Crippen LogP contribution is 2.61. The summed E-state index contributed by atoms with van der Waals surface area (Å²) in [6.07, 6.45) is -0.570. The first kappa shape index (κ1) is 15.8. The van der Waals surface area contributed by atoms with Crippen molar-refractivity contribution in [2.75, 3.05) is 0 Å². The molecule has 1 unspecified atom stereocenters. The summed E-state index contributed by atoms with van der Waals surface area (Å²) >= 11 is 0. The van der Waals surface area contributed by atoms with Gasteiger partial charge in [0, 0.05) is 29.4 Å². The number of ether oxygens (including phenoxy) is 1. The molecule has 1 aromatic heterocycles. The predicted octanol–water partition coefficient (Wildman–Crippen LogP) is 1.21. The number of aliphatic hydroxyl groups excluding tert-OH is 2. The van der Waals surface area contributed by atoms with Crippen molar-refractivity contribution >= 4 is 5.97 Å². The molecule has 130 valence electrons. The first-order chi connectivity index (χ1) is 11.2. The second-order valence-electron chi connectivity index (χ2n) is 7.88. The molecule has 6 nitrogen and oxygen atoms in total. The van der Waals surface area contributed by atoms with Gasteiger partial charge in [-0.25, -0.2) is 4.79 Å². The summed E-state index contributed by atoms with van der Waals surface area (Å²) in [5.41, 5.74) is -0.609. The molecule has 0 bridgehead atoms. The van der Waals surface area contributed by atoms with Gasteiger partial charge in [0.25, 0.3) is 0 Å². The molecule has 1 aromatic rings. The monoisotopic (exact) mass is 334 g/mol. The number of carbonyl (C=O) groups is 1. The average Bonchev–Trinajstić information content (AvgIpc) is 2.76. The van der Waals surface area contributed by atoms with E-state index in [1.807, 2.05) is 13.8 Å². The first-order valence-electron chi connectivity index (χ1n) is 8.44. The van der Waals surface area contributed by atoms with Crippen LogP contribution in [0.2, 0.25) is 0 Å². The van der Waals surface area contributed by atoms with E-state index in [-0.39, 0.29) is 23.8 Å². The summed E-state index contributed by atoms with van der Waals surface area (Å²) in [6.45, 7) is 5.34.